The highest BCUT2D eigenvalue weighted by Gasteiger charge is 2.09. The van der Waals surface area contributed by atoms with Crippen molar-refractivity contribution in [3.8, 4) is 0 Å². The lowest BCUT2D eigenvalue weighted by Gasteiger charge is -1.99. The maximum atomic E-state index is 12.0. The molecule has 0 aliphatic heterocycles. The van der Waals surface area contributed by atoms with Gasteiger partial charge in [0.2, 0.25) is 0 Å². The van der Waals surface area contributed by atoms with E-state index in [9.17, 15) is 4.79 Å². The summed E-state index contributed by atoms with van der Waals surface area (Å²) >= 11 is 1.55. The molecule has 4 heteroatoms. The monoisotopic (exact) mass is 275 g/mol. The Kier molecular flexibility index (Phi) is 5.24. The van der Waals surface area contributed by atoms with E-state index in [1.807, 2.05) is 35.7 Å². The molecule has 0 saturated carbocycles. The Morgan fingerprint density at radius 1 is 1.32 bits per heavy atom. The summed E-state index contributed by atoms with van der Waals surface area (Å²) in [6.07, 6.45) is 1.36. The van der Waals surface area contributed by atoms with Gasteiger partial charge in [-0.05, 0) is 6.42 Å². The number of carbonyl (C=O) groups excluding carboxylic acids is 1. The predicted molar refractivity (Wildman–Crippen MR) is 76.5 cm³/mol. The molecule has 0 bridgehead atoms. The first-order chi connectivity index (χ1) is 9.29. The van der Waals surface area contributed by atoms with Crippen LogP contribution in [0.25, 0.3) is 0 Å². The number of nitrogens with zero attached hydrogens (tertiary/aromatic N) is 1. The normalized spacial score (nSPS) is 10.6. The van der Waals surface area contributed by atoms with Crippen molar-refractivity contribution in [2.75, 3.05) is 6.61 Å². The summed E-state index contributed by atoms with van der Waals surface area (Å²) in [5.74, 6) is 0.104. The van der Waals surface area contributed by atoms with Gasteiger partial charge in [-0.15, -0.1) is 11.3 Å². The second kappa shape index (κ2) is 7.16. The molecule has 0 fully saturated rings. The highest BCUT2D eigenvalue weighted by Crippen LogP contribution is 2.13. The average Bonchev–Trinajstić information content (AvgIpc) is 2.88. The Balaban J connectivity index is 1.91. The van der Waals surface area contributed by atoms with Crippen LogP contribution in [0.4, 0.5) is 0 Å². The van der Waals surface area contributed by atoms with Crippen molar-refractivity contribution in [3.63, 3.8) is 0 Å². The molecule has 1 heterocycles. The van der Waals surface area contributed by atoms with E-state index in [0.29, 0.717) is 13.0 Å². The van der Waals surface area contributed by atoms with E-state index >= 15 is 0 Å². The summed E-state index contributed by atoms with van der Waals surface area (Å²) in [4.78, 5) is 16.4. The number of carbonyl (C=O) groups is 1. The van der Waals surface area contributed by atoms with Crippen LogP contribution in [0.1, 0.15) is 34.4 Å². The molecule has 1 aromatic heterocycles. The topological polar surface area (TPSA) is 39.2 Å². The third-order valence-electron chi connectivity index (χ3n) is 2.61. The minimum atomic E-state index is 0.104. The van der Waals surface area contributed by atoms with Crippen LogP contribution in [-0.4, -0.2) is 17.4 Å². The van der Waals surface area contributed by atoms with Gasteiger partial charge in [0.25, 0.3) is 0 Å². The molecular weight excluding hydrogens is 258 g/mol. The number of aromatic nitrogens is 1. The van der Waals surface area contributed by atoms with Crippen molar-refractivity contribution in [2.45, 2.75) is 26.4 Å². The second-order valence-corrected chi connectivity index (χ2v) is 5.19. The minimum Gasteiger partial charge on any atom is -0.374 e. The highest BCUT2D eigenvalue weighted by atomic mass is 32.1. The summed E-state index contributed by atoms with van der Waals surface area (Å²) in [7, 11) is 0. The van der Waals surface area contributed by atoms with Crippen LogP contribution in [0.15, 0.2) is 35.7 Å². The van der Waals surface area contributed by atoms with Crippen LogP contribution >= 0.6 is 11.3 Å². The molecule has 0 amide bonds. The van der Waals surface area contributed by atoms with E-state index in [4.69, 9.17) is 4.74 Å². The van der Waals surface area contributed by atoms with E-state index in [1.54, 1.807) is 11.3 Å². The molecule has 0 aliphatic carbocycles. The third kappa shape index (κ3) is 4.26. The zero-order chi connectivity index (χ0) is 13.5. The molecule has 100 valence electrons. The maximum Gasteiger partial charge on any atom is 0.168 e. The number of ether oxygens (including phenoxy) is 1. The fraction of sp³-hybridized carbons (Fsp3) is 0.333. The molecule has 2 rings (SSSR count). The lowest BCUT2D eigenvalue weighted by Crippen LogP contribution is -2.03. The first-order valence-electron chi connectivity index (χ1n) is 6.39. The van der Waals surface area contributed by atoms with Crippen LogP contribution < -0.4 is 0 Å². The second-order valence-electron chi connectivity index (χ2n) is 4.25. The smallest absolute Gasteiger partial charge is 0.168 e. The zero-order valence-electron chi connectivity index (χ0n) is 11.0. The van der Waals surface area contributed by atoms with Gasteiger partial charge in [0, 0.05) is 17.6 Å². The van der Waals surface area contributed by atoms with Gasteiger partial charge in [0.05, 0.1) is 18.7 Å². The standard InChI is InChI=1S/C15H17NO2S/c1-2-8-18-10-15-16-13(11-19-15)9-14(17)12-6-4-3-5-7-12/h3-7,11H,2,8-10H2,1H3. The van der Waals surface area contributed by atoms with Crippen LogP contribution in [-0.2, 0) is 17.8 Å². The number of thiazole rings is 1. The number of Topliss-reactive ketones (excluding diaryl/α,β-unsaturated/α-hetero) is 1. The van der Waals surface area contributed by atoms with Crippen molar-refractivity contribution < 1.29 is 9.53 Å². The lowest BCUT2D eigenvalue weighted by atomic mass is 10.1. The fourth-order valence-corrected chi connectivity index (χ4v) is 2.42. The Morgan fingerprint density at radius 2 is 2.11 bits per heavy atom. The molecule has 2 aromatic rings. The van der Waals surface area contributed by atoms with Gasteiger partial charge in [-0.3, -0.25) is 4.79 Å². The van der Waals surface area contributed by atoms with E-state index in [-0.39, 0.29) is 5.78 Å². The Labute approximate surface area is 117 Å². The Hall–Kier alpha value is -1.52. The van der Waals surface area contributed by atoms with Crippen molar-refractivity contribution in [2.24, 2.45) is 0 Å². The molecule has 0 aliphatic rings. The minimum absolute atomic E-state index is 0.104. The molecule has 3 nitrogen and oxygen atoms in total. The molecular formula is C15H17NO2S. The number of hydrogen-bond acceptors (Lipinski definition) is 4. The molecule has 0 unspecified atom stereocenters. The first kappa shape index (κ1) is 13.9. The van der Waals surface area contributed by atoms with E-state index in [0.717, 1.165) is 29.3 Å². The Bertz CT molecular complexity index is 522. The predicted octanol–water partition coefficient (Wildman–Crippen LogP) is 3.50. The van der Waals surface area contributed by atoms with E-state index in [1.165, 1.54) is 0 Å². The molecule has 19 heavy (non-hydrogen) atoms. The number of ketones is 1. The maximum absolute atomic E-state index is 12.0. The Morgan fingerprint density at radius 3 is 2.84 bits per heavy atom. The molecule has 1 aromatic carbocycles. The largest absolute Gasteiger partial charge is 0.374 e. The SMILES string of the molecule is CCCOCc1nc(CC(=O)c2ccccc2)cs1. The van der Waals surface area contributed by atoms with Gasteiger partial charge in [-0.25, -0.2) is 4.98 Å². The quantitative estimate of drug-likeness (QED) is 0.573. The summed E-state index contributed by atoms with van der Waals surface area (Å²) in [5.41, 5.74) is 1.56. The van der Waals surface area contributed by atoms with Gasteiger partial charge < -0.3 is 4.74 Å². The molecule has 0 spiro atoms. The average molecular weight is 275 g/mol. The van der Waals surface area contributed by atoms with Crippen LogP contribution in [0.5, 0.6) is 0 Å². The fourth-order valence-electron chi connectivity index (χ4n) is 1.69. The van der Waals surface area contributed by atoms with Crippen LogP contribution in [0.3, 0.4) is 0 Å². The molecule has 0 radical (unpaired) electrons. The van der Waals surface area contributed by atoms with E-state index in [2.05, 4.69) is 11.9 Å². The van der Waals surface area contributed by atoms with E-state index < -0.39 is 0 Å². The summed E-state index contributed by atoms with van der Waals surface area (Å²) in [5, 5.41) is 2.87. The van der Waals surface area contributed by atoms with Crippen molar-refractivity contribution in [1.82, 2.24) is 4.98 Å². The molecule has 0 atom stereocenters. The number of hydrogen-bond donors (Lipinski definition) is 0. The third-order valence-corrected chi connectivity index (χ3v) is 3.48. The van der Waals surface area contributed by atoms with Crippen LogP contribution in [0, 0.1) is 0 Å². The van der Waals surface area contributed by atoms with Crippen LogP contribution in [0.2, 0.25) is 0 Å². The molecule has 0 N–H and O–H groups in total. The van der Waals surface area contributed by atoms with Gasteiger partial charge in [-0.2, -0.15) is 0 Å². The first-order valence-corrected chi connectivity index (χ1v) is 7.27. The number of benzene rings is 1. The van der Waals surface area contributed by atoms with Crippen molar-refractivity contribution in [1.29, 1.82) is 0 Å². The molecule has 0 saturated heterocycles. The lowest BCUT2D eigenvalue weighted by molar-refractivity contribution is 0.0991. The van der Waals surface area contributed by atoms with Gasteiger partial charge in [-0.1, -0.05) is 37.3 Å². The summed E-state index contributed by atoms with van der Waals surface area (Å²) in [6.45, 7) is 3.36. The highest BCUT2D eigenvalue weighted by molar-refractivity contribution is 7.09. The summed E-state index contributed by atoms with van der Waals surface area (Å²) in [6, 6.07) is 9.32. The van der Waals surface area contributed by atoms with Crippen molar-refractivity contribution >= 4 is 17.1 Å². The van der Waals surface area contributed by atoms with Gasteiger partial charge >= 0.3 is 0 Å². The zero-order valence-corrected chi connectivity index (χ0v) is 11.8. The van der Waals surface area contributed by atoms with Crippen molar-refractivity contribution in [3.05, 3.63) is 52.0 Å². The number of rotatable bonds is 7. The summed E-state index contributed by atoms with van der Waals surface area (Å²) < 4.78 is 5.43. The van der Waals surface area contributed by atoms with Gasteiger partial charge in [0.1, 0.15) is 5.01 Å². The van der Waals surface area contributed by atoms with Gasteiger partial charge in [0.15, 0.2) is 5.78 Å².